The summed E-state index contributed by atoms with van der Waals surface area (Å²) in [5.41, 5.74) is 3.37. The van der Waals surface area contributed by atoms with Crippen LogP contribution < -0.4 is 31.3 Å². The van der Waals surface area contributed by atoms with Crippen LogP contribution in [0.25, 0.3) is 22.3 Å². The van der Waals surface area contributed by atoms with Crippen molar-refractivity contribution in [3.05, 3.63) is 108 Å². The van der Waals surface area contributed by atoms with Gasteiger partial charge in [0, 0.05) is 37.4 Å². The molecule has 0 radical (unpaired) electrons. The van der Waals surface area contributed by atoms with Crippen molar-refractivity contribution >= 4 is 41.4 Å². The van der Waals surface area contributed by atoms with Crippen molar-refractivity contribution in [1.29, 1.82) is 0 Å². The van der Waals surface area contributed by atoms with Gasteiger partial charge in [-0.1, -0.05) is 87.4 Å². The molecule has 7 rings (SSSR count). The second-order valence-corrected chi connectivity index (χ2v) is 21.3. The third kappa shape index (κ3) is 14.7. The molecule has 24 heteroatoms. The second-order valence-electron chi connectivity index (χ2n) is 21.3. The fraction of sp³-hybridized carbons (Fsp3) is 0.466. The summed E-state index contributed by atoms with van der Waals surface area (Å²) in [6.07, 6.45) is -13.6. The van der Waals surface area contributed by atoms with E-state index in [9.17, 15) is 79.5 Å². The summed E-state index contributed by atoms with van der Waals surface area (Å²) < 4.78 is 5.84. The molecule has 3 aliphatic heterocycles. The first-order valence-electron chi connectivity index (χ1n) is 27.3. The number of benzene rings is 4. The Morgan fingerprint density at radius 2 is 1.16 bits per heavy atom. The minimum absolute atomic E-state index is 0.00973. The van der Waals surface area contributed by atoms with Crippen molar-refractivity contribution in [2.75, 3.05) is 19.7 Å². The van der Waals surface area contributed by atoms with E-state index in [2.05, 4.69) is 33.5 Å². The topological polar surface area (TPSA) is 377 Å². The summed E-state index contributed by atoms with van der Waals surface area (Å²) in [6.45, 7) is 5.47. The third-order valence-electron chi connectivity index (χ3n) is 15.0. The van der Waals surface area contributed by atoms with E-state index in [0.717, 1.165) is 77.5 Å². The van der Waals surface area contributed by atoms with Crippen LogP contribution in [0, 0.1) is 5.92 Å². The fourth-order valence-corrected chi connectivity index (χ4v) is 10.2. The Morgan fingerprint density at radius 1 is 0.634 bits per heavy atom. The molecule has 0 bridgehead atoms. The lowest BCUT2D eigenvalue weighted by Crippen LogP contribution is -2.64. The van der Waals surface area contributed by atoms with Gasteiger partial charge in [0.05, 0.1) is 31.0 Å². The molecule has 4 aromatic carbocycles. The van der Waals surface area contributed by atoms with Crippen LogP contribution in [0.15, 0.2) is 97.1 Å². The number of aliphatic hydroxyl groups is 8. The first-order chi connectivity index (χ1) is 39.0. The van der Waals surface area contributed by atoms with Crippen LogP contribution in [0.3, 0.4) is 0 Å². The van der Waals surface area contributed by atoms with Crippen molar-refractivity contribution in [3.8, 4) is 33.8 Å². The molecular weight excluding hydrogens is 1070 g/mol. The van der Waals surface area contributed by atoms with Gasteiger partial charge in [0.1, 0.15) is 66.1 Å². The number of carbonyl (C=O) groups excluding carboxylic acids is 7. The Balaban J connectivity index is 1.18. The van der Waals surface area contributed by atoms with Gasteiger partial charge in [-0.15, -0.1) is 0 Å². The Labute approximate surface area is 473 Å². The van der Waals surface area contributed by atoms with E-state index in [-0.39, 0.29) is 23.4 Å². The zero-order chi connectivity index (χ0) is 59.7. The minimum atomic E-state index is -2.29. The molecule has 442 valence electrons. The molecule has 7 amide bonds. The molecule has 14 N–H and O–H groups in total. The Kier molecular flexibility index (Phi) is 20.8. The third-order valence-corrected chi connectivity index (χ3v) is 15.0. The Morgan fingerprint density at radius 3 is 1.72 bits per heavy atom. The van der Waals surface area contributed by atoms with Crippen molar-refractivity contribution in [2.24, 2.45) is 5.92 Å². The van der Waals surface area contributed by atoms with E-state index < -0.39 is 152 Å². The highest BCUT2D eigenvalue weighted by Gasteiger charge is 2.50. The van der Waals surface area contributed by atoms with E-state index in [1.807, 2.05) is 48.5 Å². The fourth-order valence-electron chi connectivity index (χ4n) is 10.2. The number of rotatable bonds is 14. The SMILES string of the molecule is CCCCCOc1ccc(-c2ccc(-c3ccc(C(=O)N[C@H]4C[C@@H](O)[C@@H](O)NC(=O)C5[C@@H](O)[C@@H](C)CN5C(=O)[C@H]([C@@H](C)O)NC(=O)[C@H]([C@H](O)[C@@H](O)c5ccc(O)cc5)NC(=O)[C@@H]5C[C@@H](O)CN5C(=O)[C@H]([C@@H](C)O)NC4=O)cc3)cc2)cc1. The zero-order valence-corrected chi connectivity index (χ0v) is 45.7. The number of phenolic OH excluding ortho intramolecular Hbond substituents is 1. The number of nitrogens with zero attached hydrogens (tertiary/aromatic N) is 2. The molecule has 0 saturated carbocycles. The number of phenols is 1. The highest BCUT2D eigenvalue weighted by atomic mass is 16.5. The second kappa shape index (κ2) is 27.5. The molecule has 3 aliphatic rings. The van der Waals surface area contributed by atoms with E-state index in [0.29, 0.717) is 12.2 Å². The number of hydrogen-bond acceptors (Lipinski definition) is 17. The monoisotopic (exact) mass is 1140 g/mol. The summed E-state index contributed by atoms with van der Waals surface area (Å²) >= 11 is 0. The number of carbonyl (C=O) groups is 7. The molecule has 15 atom stereocenters. The van der Waals surface area contributed by atoms with Gasteiger partial charge in [0.15, 0.2) is 6.23 Å². The predicted octanol–water partition coefficient (Wildman–Crippen LogP) is -0.927. The van der Waals surface area contributed by atoms with Crippen molar-refractivity contribution in [3.63, 3.8) is 0 Å². The largest absolute Gasteiger partial charge is 0.508 e. The van der Waals surface area contributed by atoms with Gasteiger partial charge in [0.2, 0.25) is 35.4 Å². The van der Waals surface area contributed by atoms with Crippen LogP contribution in [0.2, 0.25) is 0 Å². The minimum Gasteiger partial charge on any atom is -0.508 e. The van der Waals surface area contributed by atoms with Crippen molar-refractivity contribution in [1.82, 2.24) is 36.4 Å². The van der Waals surface area contributed by atoms with Crippen LogP contribution in [-0.4, -0.2) is 196 Å². The Hall–Kier alpha value is -7.55. The number of unbranched alkanes of at least 4 members (excludes halogenated alkanes) is 2. The summed E-state index contributed by atoms with van der Waals surface area (Å²) in [7, 11) is 0. The smallest absolute Gasteiger partial charge is 0.251 e. The van der Waals surface area contributed by atoms with Crippen molar-refractivity contribution < 1.29 is 84.3 Å². The molecule has 3 heterocycles. The van der Waals surface area contributed by atoms with Gasteiger partial charge >= 0.3 is 0 Å². The van der Waals surface area contributed by atoms with Crippen LogP contribution in [0.5, 0.6) is 11.5 Å². The first-order valence-corrected chi connectivity index (χ1v) is 27.3. The maximum atomic E-state index is 14.5. The van der Waals surface area contributed by atoms with Crippen LogP contribution in [0.1, 0.15) is 81.8 Å². The van der Waals surface area contributed by atoms with Crippen molar-refractivity contribution in [2.45, 2.75) is 145 Å². The molecule has 4 aromatic rings. The van der Waals surface area contributed by atoms with E-state index in [1.165, 1.54) is 31.2 Å². The van der Waals surface area contributed by atoms with Gasteiger partial charge < -0.3 is 87.1 Å². The molecule has 82 heavy (non-hydrogen) atoms. The number of aliphatic hydroxyl groups excluding tert-OH is 8. The maximum absolute atomic E-state index is 14.5. The van der Waals surface area contributed by atoms with Gasteiger partial charge in [-0.05, 0) is 84.5 Å². The number of ether oxygens (including phenoxy) is 1. The summed E-state index contributed by atoms with van der Waals surface area (Å²) in [4.78, 5) is 102. The number of amides is 7. The summed E-state index contributed by atoms with van der Waals surface area (Å²) in [5, 5.41) is 111. The number of hydrogen-bond donors (Lipinski definition) is 14. The lowest BCUT2D eigenvalue weighted by Gasteiger charge is -2.34. The highest BCUT2D eigenvalue weighted by Crippen LogP contribution is 2.30. The highest BCUT2D eigenvalue weighted by molar-refractivity contribution is 6.00. The molecule has 3 saturated heterocycles. The van der Waals surface area contributed by atoms with E-state index in [1.54, 1.807) is 12.1 Å². The molecule has 0 aromatic heterocycles. The van der Waals surface area contributed by atoms with Crippen LogP contribution in [-0.2, 0) is 28.8 Å². The summed E-state index contributed by atoms with van der Waals surface area (Å²) in [6, 6.07) is 14.7. The Bertz CT molecular complexity index is 2880. The van der Waals surface area contributed by atoms with Crippen LogP contribution in [0.4, 0.5) is 0 Å². The average molecular weight is 1140 g/mol. The zero-order valence-electron chi connectivity index (χ0n) is 45.7. The number of fused-ring (bicyclic) bond motifs is 2. The normalized spacial score (nSPS) is 27.5. The lowest BCUT2D eigenvalue weighted by atomic mass is 9.96. The predicted molar refractivity (Wildman–Crippen MR) is 293 cm³/mol. The molecule has 3 fully saturated rings. The number of aromatic hydroxyl groups is 1. The van der Waals surface area contributed by atoms with E-state index >= 15 is 0 Å². The molecule has 0 spiro atoms. The standard InChI is InChI=1S/C58H73N7O17/c1-5-6-7-24-82-40-22-18-35(19-23-40)33-10-8-32(9-11-33)34-12-14-37(15-13-34)51(74)59-41-26-43(70)54(77)63-56(79)47-48(71)29(2)27-65(47)58(81)45(31(4)67)61-55(78)46(50(73)49(72)36-16-20-38(68)21-17-36)62-53(76)42-25-39(69)28-64(42)57(80)44(30(3)66)60-52(41)75/h8-23,29-31,39,41-50,54,66-73,77H,5-7,24-28H2,1-4H3,(H,59,74)(H,60,75)(H,61,78)(H,62,76)(H,63,79)/t29-,30+,31+,39+,41-,42-,43+,44-,45-,46-,47?,48-,49-,50-,54+/m0/s1. The van der Waals surface area contributed by atoms with Gasteiger partial charge in [-0.3, -0.25) is 33.6 Å². The maximum Gasteiger partial charge on any atom is 0.251 e. The number of nitrogens with one attached hydrogen (secondary N) is 5. The molecule has 1 unspecified atom stereocenters. The van der Waals surface area contributed by atoms with Gasteiger partial charge in [-0.25, -0.2) is 0 Å². The van der Waals surface area contributed by atoms with Crippen LogP contribution >= 0.6 is 0 Å². The average Bonchev–Trinajstić information content (AvgIpc) is 4.06. The molecular formula is C58H73N7O17. The molecule has 24 nitrogen and oxygen atoms in total. The van der Waals surface area contributed by atoms with E-state index in [4.69, 9.17) is 4.74 Å². The van der Waals surface area contributed by atoms with Gasteiger partial charge in [-0.2, -0.15) is 0 Å². The summed E-state index contributed by atoms with van der Waals surface area (Å²) in [5.74, 6) is -8.67. The quantitative estimate of drug-likeness (QED) is 0.0679. The van der Waals surface area contributed by atoms with Gasteiger partial charge in [0.25, 0.3) is 5.91 Å². The lowest BCUT2D eigenvalue weighted by molar-refractivity contribution is -0.148. The first kappa shape index (κ1) is 62.1. The molecule has 0 aliphatic carbocycles.